The van der Waals surface area contributed by atoms with E-state index in [1.165, 1.54) is 11.8 Å². The molecule has 1 aromatic rings. The molecule has 4 nitrogen and oxygen atoms in total. The number of hydrogen-bond donors (Lipinski definition) is 0. The molecule has 0 bridgehead atoms. The number of carbonyl (C=O) groups is 2. The van der Waals surface area contributed by atoms with Crippen LogP contribution in [-0.4, -0.2) is 34.1 Å². The minimum absolute atomic E-state index is 0.112. The zero-order chi connectivity index (χ0) is 16.7. The van der Waals surface area contributed by atoms with E-state index < -0.39 is 0 Å². The average Bonchev–Trinajstić information content (AvgIpc) is 2.94. The quantitative estimate of drug-likeness (QED) is 0.622. The molecule has 0 saturated carbocycles. The molecule has 0 N–H and O–H groups in total. The molecule has 6 heteroatoms. The number of rotatable bonds is 3. The Balaban J connectivity index is 2.10. The van der Waals surface area contributed by atoms with Gasteiger partial charge in [-0.1, -0.05) is 56.0 Å². The molecule has 0 aromatic heterocycles. The van der Waals surface area contributed by atoms with E-state index in [1.807, 2.05) is 45.0 Å². The molecule has 120 valence electrons. The molecule has 2 aliphatic rings. The van der Waals surface area contributed by atoms with Crippen molar-refractivity contribution in [2.24, 2.45) is 5.92 Å². The van der Waals surface area contributed by atoms with Gasteiger partial charge in [0.05, 0.1) is 16.2 Å². The molecule has 2 aliphatic heterocycles. The van der Waals surface area contributed by atoms with Crippen LogP contribution in [0.4, 0.5) is 5.69 Å². The lowest BCUT2D eigenvalue weighted by atomic mass is 10.1. The molecule has 3 rings (SSSR count). The highest BCUT2D eigenvalue weighted by molar-refractivity contribution is 8.26. The van der Waals surface area contributed by atoms with Crippen molar-refractivity contribution in [3.63, 3.8) is 0 Å². The number of amides is 2. The van der Waals surface area contributed by atoms with Gasteiger partial charge in [-0.05, 0) is 18.9 Å². The number of thioether (sulfide) groups is 1. The van der Waals surface area contributed by atoms with Crippen LogP contribution < -0.4 is 4.90 Å². The molecule has 1 fully saturated rings. The molecule has 1 saturated heterocycles. The van der Waals surface area contributed by atoms with Crippen molar-refractivity contribution in [3.05, 3.63) is 34.7 Å². The number of benzene rings is 1. The minimum Gasteiger partial charge on any atom is -0.308 e. The number of fused-ring (bicyclic) bond motifs is 1. The Bertz CT molecular complexity index is 740. The molecule has 0 spiro atoms. The number of hydrogen-bond acceptors (Lipinski definition) is 4. The number of para-hydroxylation sites is 1. The molecule has 2 amide bonds. The molecule has 0 aliphatic carbocycles. The van der Waals surface area contributed by atoms with Crippen molar-refractivity contribution in [3.8, 4) is 0 Å². The highest BCUT2D eigenvalue weighted by atomic mass is 32.2. The van der Waals surface area contributed by atoms with Gasteiger partial charge in [-0.2, -0.15) is 0 Å². The van der Waals surface area contributed by atoms with Crippen LogP contribution in [0.3, 0.4) is 0 Å². The molecule has 0 radical (unpaired) electrons. The maximum absolute atomic E-state index is 12.8. The molecular formula is C17H18N2O2S2. The van der Waals surface area contributed by atoms with Gasteiger partial charge in [0.2, 0.25) is 0 Å². The van der Waals surface area contributed by atoms with Crippen LogP contribution in [0, 0.1) is 5.92 Å². The summed E-state index contributed by atoms with van der Waals surface area (Å²) in [5, 5.41) is 0. The van der Waals surface area contributed by atoms with Gasteiger partial charge < -0.3 is 4.90 Å². The second kappa shape index (κ2) is 6.09. The summed E-state index contributed by atoms with van der Waals surface area (Å²) in [6.45, 7) is 7.17. The standard InChI is InChI=1S/C17H18N2O2S2/c1-4-18-12-8-6-5-7-11(12)13(15(18)20)14-16(21)19(9-10(2)3)17(22)23-14/h5-8,10H,4,9H2,1-3H3. The van der Waals surface area contributed by atoms with Crippen molar-refractivity contribution in [1.82, 2.24) is 4.90 Å². The van der Waals surface area contributed by atoms with Crippen molar-refractivity contribution in [1.29, 1.82) is 0 Å². The third-order valence-electron chi connectivity index (χ3n) is 3.86. The van der Waals surface area contributed by atoms with Gasteiger partial charge in [0.25, 0.3) is 11.8 Å². The summed E-state index contributed by atoms with van der Waals surface area (Å²) in [4.78, 5) is 29.4. The molecule has 0 unspecified atom stereocenters. The molecule has 2 heterocycles. The van der Waals surface area contributed by atoms with Gasteiger partial charge in [0, 0.05) is 18.7 Å². The fourth-order valence-electron chi connectivity index (χ4n) is 2.89. The lowest BCUT2D eigenvalue weighted by Crippen LogP contribution is -2.32. The van der Waals surface area contributed by atoms with Gasteiger partial charge in [0.1, 0.15) is 4.32 Å². The topological polar surface area (TPSA) is 40.6 Å². The fourth-order valence-corrected chi connectivity index (χ4v) is 4.23. The monoisotopic (exact) mass is 346 g/mol. The number of anilines is 1. The number of nitrogens with zero attached hydrogens (tertiary/aromatic N) is 2. The third-order valence-corrected chi connectivity index (χ3v) is 5.31. The highest BCUT2D eigenvalue weighted by Gasteiger charge is 2.41. The second-order valence-corrected chi connectivity index (χ2v) is 7.59. The van der Waals surface area contributed by atoms with Crippen molar-refractivity contribution < 1.29 is 9.59 Å². The predicted octanol–water partition coefficient (Wildman–Crippen LogP) is 3.28. The van der Waals surface area contributed by atoms with E-state index in [9.17, 15) is 9.59 Å². The van der Waals surface area contributed by atoms with E-state index in [4.69, 9.17) is 12.2 Å². The number of carbonyl (C=O) groups excluding carboxylic acids is 2. The second-order valence-electron chi connectivity index (χ2n) is 5.95. The molecule has 0 atom stereocenters. The lowest BCUT2D eigenvalue weighted by Gasteiger charge is -2.16. The van der Waals surface area contributed by atoms with Gasteiger partial charge >= 0.3 is 0 Å². The summed E-state index contributed by atoms with van der Waals surface area (Å²) in [5.74, 6) is 0.0594. The summed E-state index contributed by atoms with van der Waals surface area (Å²) in [6.07, 6.45) is 0. The fraction of sp³-hybridized carbons (Fsp3) is 0.353. The van der Waals surface area contributed by atoms with E-state index >= 15 is 0 Å². The average molecular weight is 346 g/mol. The van der Waals surface area contributed by atoms with Gasteiger partial charge in [-0.3, -0.25) is 14.5 Å². The zero-order valence-corrected chi connectivity index (χ0v) is 15.0. The lowest BCUT2D eigenvalue weighted by molar-refractivity contribution is -0.122. The van der Waals surface area contributed by atoms with Crippen LogP contribution in [0.2, 0.25) is 0 Å². The first kappa shape index (κ1) is 16.2. The van der Waals surface area contributed by atoms with Crippen LogP contribution in [-0.2, 0) is 9.59 Å². The predicted molar refractivity (Wildman–Crippen MR) is 98.1 cm³/mol. The van der Waals surface area contributed by atoms with Crippen molar-refractivity contribution in [2.75, 3.05) is 18.0 Å². The van der Waals surface area contributed by atoms with Crippen LogP contribution in [0.1, 0.15) is 26.3 Å². The van der Waals surface area contributed by atoms with Crippen LogP contribution >= 0.6 is 24.0 Å². The Morgan fingerprint density at radius 2 is 1.83 bits per heavy atom. The zero-order valence-electron chi connectivity index (χ0n) is 13.3. The summed E-state index contributed by atoms with van der Waals surface area (Å²) in [7, 11) is 0. The van der Waals surface area contributed by atoms with Crippen LogP contribution in [0.5, 0.6) is 0 Å². The summed E-state index contributed by atoms with van der Waals surface area (Å²) >= 11 is 6.59. The van der Waals surface area contributed by atoms with E-state index in [0.29, 0.717) is 33.8 Å². The summed E-state index contributed by atoms with van der Waals surface area (Å²) < 4.78 is 0.534. The first-order valence-electron chi connectivity index (χ1n) is 7.64. The van der Waals surface area contributed by atoms with Gasteiger partial charge in [0.15, 0.2) is 0 Å². The van der Waals surface area contributed by atoms with E-state index in [2.05, 4.69) is 0 Å². The van der Waals surface area contributed by atoms with E-state index in [0.717, 1.165) is 11.3 Å². The Labute approximate surface area is 145 Å². The smallest absolute Gasteiger partial charge is 0.267 e. The first-order chi connectivity index (χ1) is 11.0. The minimum atomic E-state index is -0.148. The molecule has 23 heavy (non-hydrogen) atoms. The summed E-state index contributed by atoms with van der Waals surface area (Å²) in [5.41, 5.74) is 2.18. The Kier molecular flexibility index (Phi) is 4.29. The Morgan fingerprint density at radius 3 is 2.48 bits per heavy atom. The largest absolute Gasteiger partial charge is 0.308 e. The Hall–Kier alpha value is -1.66. The maximum Gasteiger partial charge on any atom is 0.267 e. The van der Waals surface area contributed by atoms with Crippen molar-refractivity contribution in [2.45, 2.75) is 20.8 Å². The number of thiocarbonyl (C=S) groups is 1. The number of likely N-dealkylation sites (N-methyl/N-ethyl adjacent to an activating group) is 1. The first-order valence-corrected chi connectivity index (χ1v) is 8.87. The van der Waals surface area contributed by atoms with Crippen molar-refractivity contribution >= 4 is 51.4 Å². The normalized spacial score (nSPS) is 21.0. The Morgan fingerprint density at radius 1 is 1.13 bits per heavy atom. The SMILES string of the molecule is CCN1C(=O)C(=C2SC(=S)N(CC(C)C)C2=O)c2ccccc21. The van der Waals surface area contributed by atoms with Gasteiger partial charge in [-0.25, -0.2) is 0 Å². The van der Waals surface area contributed by atoms with Crippen LogP contribution in [0.25, 0.3) is 5.57 Å². The molecular weight excluding hydrogens is 328 g/mol. The third kappa shape index (κ3) is 2.60. The van der Waals surface area contributed by atoms with E-state index in [1.54, 1.807) is 9.80 Å². The van der Waals surface area contributed by atoms with Gasteiger partial charge in [-0.15, -0.1) is 0 Å². The summed E-state index contributed by atoms with van der Waals surface area (Å²) in [6, 6.07) is 7.60. The van der Waals surface area contributed by atoms with Crippen LogP contribution in [0.15, 0.2) is 29.2 Å². The molecule has 1 aromatic carbocycles. The maximum atomic E-state index is 12.8. The van der Waals surface area contributed by atoms with E-state index in [-0.39, 0.29) is 11.8 Å². The highest BCUT2D eigenvalue weighted by Crippen LogP contribution is 2.44.